The van der Waals surface area contributed by atoms with E-state index < -0.39 is 23.4 Å². The number of hydrogen-bond acceptors (Lipinski definition) is 4. The van der Waals surface area contributed by atoms with E-state index in [2.05, 4.69) is 10.6 Å². The minimum Gasteiger partial charge on any atom is -0.492 e. The van der Waals surface area contributed by atoms with Crippen LogP contribution in [0.25, 0.3) is 0 Å². The number of benzene rings is 2. The number of imide groups is 1. The molecular formula is C19H16FN3O4. The van der Waals surface area contributed by atoms with Gasteiger partial charge in [0.25, 0.3) is 11.8 Å². The number of nitrogens with one attached hydrogen (secondary N) is 2. The summed E-state index contributed by atoms with van der Waals surface area (Å²) in [6, 6.07) is 10.1. The number of anilines is 1. The molecule has 138 valence electrons. The lowest BCUT2D eigenvalue weighted by atomic mass is 9.90. The highest BCUT2D eigenvalue weighted by Crippen LogP contribution is 2.42. The van der Waals surface area contributed by atoms with E-state index in [-0.39, 0.29) is 19.0 Å². The predicted octanol–water partition coefficient (Wildman–Crippen LogP) is 1.59. The van der Waals surface area contributed by atoms with Crippen LogP contribution in [0.1, 0.15) is 11.1 Å². The van der Waals surface area contributed by atoms with Gasteiger partial charge < -0.3 is 15.0 Å². The number of halogens is 1. The van der Waals surface area contributed by atoms with Gasteiger partial charge in [-0.25, -0.2) is 9.18 Å². The third-order valence-electron chi connectivity index (χ3n) is 4.68. The van der Waals surface area contributed by atoms with Gasteiger partial charge in [0.15, 0.2) is 0 Å². The van der Waals surface area contributed by atoms with E-state index >= 15 is 0 Å². The average Bonchev–Trinajstić information content (AvgIpc) is 3.06. The molecule has 2 heterocycles. The molecule has 0 aliphatic carbocycles. The first-order chi connectivity index (χ1) is 12.9. The minimum atomic E-state index is -1.74. The maximum atomic E-state index is 13.1. The van der Waals surface area contributed by atoms with Crippen LogP contribution in [0.4, 0.5) is 14.9 Å². The van der Waals surface area contributed by atoms with Crippen molar-refractivity contribution in [1.82, 2.24) is 10.6 Å². The average molecular weight is 369 g/mol. The summed E-state index contributed by atoms with van der Waals surface area (Å²) in [5.74, 6) is -1.12. The van der Waals surface area contributed by atoms with Gasteiger partial charge in [-0.3, -0.25) is 14.9 Å². The fourth-order valence-corrected chi connectivity index (χ4v) is 3.42. The second kappa shape index (κ2) is 6.08. The Morgan fingerprint density at radius 1 is 1.11 bits per heavy atom. The minimum absolute atomic E-state index is 0.135. The van der Waals surface area contributed by atoms with Gasteiger partial charge >= 0.3 is 6.03 Å². The molecule has 7 nitrogen and oxygen atoms in total. The zero-order chi connectivity index (χ0) is 19.2. The van der Waals surface area contributed by atoms with Gasteiger partial charge in [-0.1, -0.05) is 17.7 Å². The third-order valence-corrected chi connectivity index (χ3v) is 4.68. The van der Waals surface area contributed by atoms with Crippen LogP contribution >= 0.6 is 0 Å². The normalized spacial score (nSPS) is 20.7. The van der Waals surface area contributed by atoms with Crippen LogP contribution in [0, 0.1) is 12.7 Å². The SMILES string of the molecule is Cc1ccc2c(c1)C1(NC(=O)NC1=O)C(=O)N2CCOc1ccc(F)cc1. The number of amides is 4. The second-order valence-corrected chi connectivity index (χ2v) is 6.44. The summed E-state index contributed by atoms with van der Waals surface area (Å²) in [6.07, 6.45) is 0. The molecule has 1 atom stereocenters. The van der Waals surface area contributed by atoms with Gasteiger partial charge in [0.2, 0.25) is 5.54 Å². The highest BCUT2D eigenvalue weighted by atomic mass is 19.1. The molecule has 4 rings (SSSR count). The van der Waals surface area contributed by atoms with Crippen molar-refractivity contribution in [2.24, 2.45) is 0 Å². The molecule has 1 fully saturated rings. The molecule has 2 aliphatic rings. The second-order valence-electron chi connectivity index (χ2n) is 6.44. The van der Waals surface area contributed by atoms with E-state index in [9.17, 15) is 18.8 Å². The van der Waals surface area contributed by atoms with Crippen LogP contribution in [0.2, 0.25) is 0 Å². The van der Waals surface area contributed by atoms with E-state index in [1.807, 2.05) is 13.0 Å². The van der Waals surface area contributed by atoms with Crippen molar-refractivity contribution in [3.8, 4) is 5.75 Å². The molecule has 1 spiro atoms. The highest BCUT2D eigenvalue weighted by molar-refractivity contribution is 6.27. The lowest BCUT2D eigenvalue weighted by Gasteiger charge is -2.21. The molecule has 0 saturated carbocycles. The molecule has 8 heteroatoms. The molecule has 4 amide bonds. The molecule has 2 N–H and O–H groups in total. The third kappa shape index (κ3) is 2.61. The molecule has 1 saturated heterocycles. The van der Waals surface area contributed by atoms with Crippen molar-refractivity contribution in [2.45, 2.75) is 12.5 Å². The Labute approximate surface area is 154 Å². The van der Waals surface area contributed by atoms with Crippen LogP contribution in [0.3, 0.4) is 0 Å². The lowest BCUT2D eigenvalue weighted by Crippen LogP contribution is -2.52. The van der Waals surface area contributed by atoms with Crippen molar-refractivity contribution < 1.29 is 23.5 Å². The number of ether oxygens (including phenoxy) is 1. The molecule has 2 aliphatic heterocycles. The van der Waals surface area contributed by atoms with Crippen LogP contribution in [0.15, 0.2) is 42.5 Å². The largest absolute Gasteiger partial charge is 0.492 e. The van der Waals surface area contributed by atoms with Gasteiger partial charge in [0.1, 0.15) is 18.2 Å². The van der Waals surface area contributed by atoms with Gasteiger partial charge in [-0.2, -0.15) is 0 Å². The molecule has 1 unspecified atom stereocenters. The molecule has 0 aromatic heterocycles. The zero-order valence-electron chi connectivity index (χ0n) is 14.4. The lowest BCUT2D eigenvalue weighted by molar-refractivity contribution is -0.134. The molecule has 2 aromatic carbocycles. The molecule has 2 aromatic rings. The Morgan fingerprint density at radius 2 is 1.85 bits per heavy atom. The quantitative estimate of drug-likeness (QED) is 0.633. The summed E-state index contributed by atoms with van der Waals surface area (Å²) in [5.41, 5.74) is 0.108. The first-order valence-electron chi connectivity index (χ1n) is 8.37. The Balaban J connectivity index is 1.60. The van der Waals surface area contributed by atoms with Crippen molar-refractivity contribution in [2.75, 3.05) is 18.1 Å². The molecule has 27 heavy (non-hydrogen) atoms. The van der Waals surface area contributed by atoms with Crippen molar-refractivity contribution in [3.05, 3.63) is 59.4 Å². The molecule has 0 radical (unpaired) electrons. The van der Waals surface area contributed by atoms with Crippen molar-refractivity contribution in [3.63, 3.8) is 0 Å². The Hall–Kier alpha value is -3.42. The number of carbonyl (C=O) groups excluding carboxylic acids is 3. The Kier molecular flexibility index (Phi) is 3.83. The summed E-state index contributed by atoms with van der Waals surface area (Å²) < 4.78 is 18.5. The Bertz CT molecular complexity index is 960. The first kappa shape index (κ1) is 17.0. The van der Waals surface area contributed by atoms with Crippen LogP contribution in [-0.4, -0.2) is 31.0 Å². The number of rotatable bonds is 4. The van der Waals surface area contributed by atoms with Crippen LogP contribution < -0.4 is 20.3 Å². The number of aryl methyl sites for hydroxylation is 1. The maximum Gasteiger partial charge on any atom is 0.323 e. The first-order valence-corrected chi connectivity index (χ1v) is 8.37. The summed E-state index contributed by atoms with van der Waals surface area (Å²) >= 11 is 0. The molecular weight excluding hydrogens is 353 g/mol. The number of nitrogens with zero attached hydrogens (tertiary/aromatic N) is 1. The Morgan fingerprint density at radius 3 is 2.52 bits per heavy atom. The van der Waals surface area contributed by atoms with Gasteiger partial charge in [0.05, 0.1) is 12.2 Å². The number of urea groups is 1. The topological polar surface area (TPSA) is 87.7 Å². The van der Waals surface area contributed by atoms with Gasteiger partial charge in [-0.15, -0.1) is 0 Å². The monoisotopic (exact) mass is 369 g/mol. The number of fused-ring (bicyclic) bond motifs is 2. The van der Waals surface area contributed by atoms with E-state index in [1.54, 1.807) is 12.1 Å². The van der Waals surface area contributed by atoms with Crippen molar-refractivity contribution in [1.29, 1.82) is 0 Å². The van der Waals surface area contributed by atoms with E-state index in [0.717, 1.165) is 5.56 Å². The van der Waals surface area contributed by atoms with Gasteiger partial charge in [0, 0.05) is 5.56 Å². The number of hydrogen-bond donors (Lipinski definition) is 2. The predicted molar refractivity (Wildman–Crippen MR) is 93.8 cm³/mol. The number of carbonyl (C=O) groups is 3. The van der Waals surface area contributed by atoms with Crippen LogP contribution in [0.5, 0.6) is 5.75 Å². The summed E-state index contributed by atoms with van der Waals surface area (Å²) in [6.45, 7) is 2.14. The standard InChI is InChI=1S/C19H16FN3O4/c1-11-2-7-15-14(10-11)19(16(24)21-18(26)22-19)17(25)23(15)8-9-27-13-5-3-12(20)4-6-13/h2-7,10H,8-9H2,1H3,(H2,21,22,24,26). The highest BCUT2D eigenvalue weighted by Gasteiger charge is 2.61. The van der Waals surface area contributed by atoms with E-state index in [4.69, 9.17) is 4.74 Å². The fraction of sp³-hybridized carbons (Fsp3) is 0.211. The summed E-state index contributed by atoms with van der Waals surface area (Å²) in [7, 11) is 0. The smallest absolute Gasteiger partial charge is 0.323 e. The van der Waals surface area contributed by atoms with Crippen LogP contribution in [-0.2, 0) is 15.1 Å². The fourth-order valence-electron chi connectivity index (χ4n) is 3.42. The maximum absolute atomic E-state index is 13.1. The van der Waals surface area contributed by atoms with E-state index in [1.165, 1.54) is 29.2 Å². The summed E-state index contributed by atoms with van der Waals surface area (Å²) in [4.78, 5) is 38.7. The van der Waals surface area contributed by atoms with Crippen molar-refractivity contribution >= 4 is 23.5 Å². The molecule has 0 bridgehead atoms. The van der Waals surface area contributed by atoms with Gasteiger partial charge in [-0.05, 0) is 37.3 Å². The van der Waals surface area contributed by atoms with E-state index in [0.29, 0.717) is 17.0 Å². The zero-order valence-corrected chi connectivity index (χ0v) is 14.4. The summed E-state index contributed by atoms with van der Waals surface area (Å²) in [5, 5.41) is 4.63.